The van der Waals surface area contributed by atoms with E-state index in [1.807, 2.05) is 50.4 Å². The molecule has 1 aromatic heterocycles. The predicted molar refractivity (Wildman–Crippen MR) is 125 cm³/mol. The van der Waals surface area contributed by atoms with Crippen molar-refractivity contribution in [1.82, 2.24) is 20.0 Å². The van der Waals surface area contributed by atoms with Crippen molar-refractivity contribution in [2.75, 3.05) is 13.1 Å². The van der Waals surface area contributed by atoms with Crippen LogP contribution in [0.2, 0.25) is 0 Å². The number of benzene rings is 2. The van der Waals surface area contributed by atoms with Crippen molar-refractivity contribution in [2.45, 2.75) is 33.2 Å². The van der Waals surface area contributed by atoms with Gasteiger partial charge in [0.1, 0.15) is 5.82 Å². The Bertz CT molecular complexity index is 1110. The molecule has 6 nitrogen and oxygen atoms in total. The molecule has 0 radical (unpaired) electrons. The van der Waals surface area contributed by atoms with Crippen LogP contribution in [0.3, 0.4) is 0 Å². The van der Waals surface area contributed by atoms with Crippen LogP contribution in [0, 0.1) is 17.7 Å². The molecule has 1 unspecified atom stereocenters. The van der Waals surface area contributed by atoms with E-state index in [4.69, 9.17) is 5.10 Å². The number of nitrogens with one attached hydrogen (secondary N) is 1. The van der Waals surface area contributed by atoms with E-state index < -0.39 is 0 Å². The third kappa shape index (κ3) is 5.30. The summed E-state index contributed by atoms with van der Waals surface area (Å²) in [4.78, 5) is 27.1. The van der Waals surface area contributed by atoms with Crippen molar-refractivity contribution in [3.63, 3.8) is 0 Å². The molecule has 0 bridgehead atoms. The number of carbonyl (C=O) groups is 2. The van der Waals surface area contributed by atoms with Crippen molar-refractivity contribution in [3.05, 3.63) is 72.2 Å². The number of halogens is 1. The molecule has 0 aliphatic carbocycles. The van der Waals surface area contributed by atoms with Gasteiger partial charge in [0.15, 0.2) is 0 Å². The summed E-state index contributed by atoms with van der Waals surface area (Å²) in [6.07, 6.45) is 3.48. The second kappa shape index (κ2) is 9.98. The molecule has 2 heterocycles. The van der Waals surface area contributed by atoms with Crippen LogP contribution >= 0.6 is 0 Å². The van der Waals surface area contributed by atoms with Gasteiger partial charge in [0, 0.05) is 42.9 Å². The second-order valence-electron chi connectivity index (χ2n) is 8.79. The van der Waals surface area contributed by atoms with Gasteiger partial charge in [0.2, 0.25) is 11.8 Å². The molecule has 0 spiro atoms. The minimum atomic E-state index is -0.311. The average molecular weight is 449 g/mol. The lowest BCUT2D eigenvalue weighted by Gasteiger charge is -2.33. The first-order valence-corrected chi connectivity index (χ1v) is 11.4. The minimum absolute atomic E-state index is 0.0613. The smallest absolute Gasteiger partial charge is 0.225 e. The molecule has 0 saturated carbocycles. The molecule has 1 atom stereocenters. The highest BCUT2D eigenvalue weighted by molar-refractivity contribution is 5.82. The zero-order valence-electron chi connectivity index (χ0n) is 19.0. The van der Waals surface area contributed by atoms with E-state index in [2.05, 4.69) is 5.32 Å². The van der Waals surface area contributed by atoms with Gasteiger partial charge < -0.3 is 10.2 Å². The summed E-state index contributed by atoms with van der Waals surface area (Å²) in [6.45, 7) is 5.23. The van der Waals surface area contributed by atoms with Crippen LogP contribution in [0.4, 0.5) is 4.39 Å². The highest BCUT2D eigenvalue weighted by Gasteiger charge is 2.29. The number of piperidine rings is 1. The number of aromatic nitrogens is 2. The number of rotatable bonds is 6. The highest BCUT2D eigenvalue weighted by atomic mass is 19.1. The van der Waals surface area contributed by atoms with E-state index in [1.54, 1.807) is 21.7 Å². The van der Waals surface area contributed by atoms with Gasteiger partial charge in [-0.15, -0.1) is 0 Å². The molecule has 2 amide bonds. The van der Waals surface area contributed by atoms with Crippen molar-refractivity contribution in [1.29, 1.82) is 0 Å². The molecular weight excluding hydrogens is 419 g/mol. The Morgan fingerprint density at radius 3 is 2.55 bits per heavy atom. The highest BCUT2D eigenvalue weighted by Crippen LogP contribution is 2.25. The quantitative estimate of drug-likeness (QED) is 0.615. The van der Waals surface area contributed by atoms with Crippen LogP contribution in [0.25, 0.3) is 16.9 Å². The van der Waals surface area contributed by atoms with Crippen molar-refractivity contribution < 1.29 is 14.0 Å². The van der Waals surface area contributed by atoms with Crippen LogP contribution in [0.5, 0.6) is 0 Å². The number of carbonyl (C=O) groups excluding carboxylic acids is 2. The zero-order valence-corrected chi connectivity index (χ0v) is 19.0. The molecule has 1 fully saturated rings. The maximum atomic E-state index is 13.5. The molecule has 2 aromatic carbocycles. The first-order chi connectivity index (χ1) is 15.9. The molecule has 172 valence electrons. The number of nitrogens with zero attached hydrogens (tertiary/aromatic N) is 3. The Balaban J connectivity index is 1.52. The number of likely N-dealkylation sites (tertiary alicyclic amines) is 1. The van der Waals surface area contributed by atoms with Gasteiger partial charge in [-0.05, 0) is 49.2 Å². The van der Waals surface area contributed by atoms with Gasteiger partial charge in [0.05, 0.1) is 17.3 Å². The van der Waals surface area contributed by atoms with E-state index >= 15 is 0 Å². The Kier molecular flexibility index (Phi) is 6.87. The van der Waals surface area contributed by atoms with Gasteiger partial charge in [-0.25, -0.2) is 9.07 Å². The summed E-state index contributed by atoms with van der Waals surface area (Å²) in [5, 5.41) is 7.75. The lowest BCUT2D eigenvalue weighted by molar-refractivity contribution is -0.138. The van der Waals surface area contributed by atoms with Gasteiger partial charge in [0.25, 0.3) is 0 Å². The van der Waals surface area contributed by atoms with Crippen LogP contribution in [-0.4, -0.2) is 39.6 Å². The maximum Gasteiger partial charge on any atom is 0.225 e. The monoisotopic (exact) mass is 448 g/mol. The lowest BCUT2D eigenvalue weighted by atomic mass is 9.96. The van der Waals surface area contributed by atoms with Gasteiger partial charge in [-0.1, -0.05) is 32.0 Å². The van der Waals surface area contributed by atoms with Crippen molar-refractivity contribution in [3.8, 4) is 16.9 Å². The summed E-state index contributed by atoms with van der Waals surface area (Å²) in [5.41, 5.74) is 3.21. The number of hydrogen-bond acceptors (Lipinski definition) is 3. The van der Waals surface area contributed by atoms with E-state index in [0.29, 0.717) is 25.3 Å². The molecule has 1 N–H and O–H groups in total. The fourth-order valence-corrected chi connectivity index (χ4v) is 4.19. The van der Waals surface area contributed by atoms with Gasteiger partial charge in [-0.3, -0.25) is 9.59 Å². The average Bonchev–Trinajstić information content (AvgIpc) is 3.27. The molecule has 7 heteroatoms. The van der Waals surface area contributed by atoms with Crippen molar-refractivity contribution >= 4 is 11.8 Å². The fourth-order valence-electron chi connectivity index (χ4n) is 4.19. The summed E-state index contributed by atoms with van der Waals surface area (Å²) >= 11 is 0. The van der Waals surface area contributed by atoms with Crippen LogP contribution in [0.15, 0.2) is 60.8 Å². The van der Waals surface area contributed by atoms with Crippen LogP contribution in [0.1, 0.15) is 32.3 Å². The van der Waals surface area contributed by atoms with E-state index in [-0.39, 0.29) is 29.5 Å². The van der Waals surface area contributed by atoms with Gasteiger partial charge >= 0.3 is 0 Å². The second-order valence-corrected chi connectivity index (χ2v) is 8.79. The predicted octanol–water partition coefficient (Wildman–Crippen LogP) is 4.19. The normalized spacial score (nSPS) is 16.1. The molecule has 3 aromatic rings. The van der Waals surface area contributed by atoms with E-state index in [9.17, 15) is 14.0 Å². The fraction of sp³-hybridized carbons (Fsp3) is 0.346. The van der Waals surface area contributed by atoms with E-state index in [1.165, 1.54) is 12.1 Å². The molecule has 1 aliphatic rings. The Hall–Kier alpha value is -3.48. The Labute approximate surface area is 193 Å². The van der Waals surface area contributed by atoms with Gasteiger partial charge in [-0.2, -0.15) is 5.10 Å². The number of amides is 2. The maximum absolute atomic E-state index is 13.5. The van der Waals surface area contributed by atoms with Crippen molar-refractivity contribution in [2.24, 2.45) is 11.8 Å². The minimum Gasteiger partial charge on any atom is -0.352 e. The topological polar surface area (TPSA) is 67.2 Å². The molecular formula is C26H29FN4O2. The van der Waals surface area contributed by atoms with Crippen LogP contribution in [-0.2, 0) is 16.1 Å². The third-order valence-corrected chi connectivity index (χ3v) is 5.98. The molecule has 1 aliphatic heterocycles. The first-order valence-electron chi connectivity index (χ1n) is 11.4. The third-order valence-electron chi connectivity index (χ3n) is 5.98. The Morgan fingerprint density at radius 1 is 1.12 bits per heavy atom. The summed E-state index contributed by atoms with van der Waals surface area (Å²) in [7, 11) is 0. The summed E-state index contributed by atoms with van der Waals surface area (Å²) in [5.74, 6) is -0.577. The lowest BCUT2D eigenvalue weighted by Crippen LogP contribution is -2.46. The first kappa shape index (κ1) is 22.7. The zero-order chi connectivity index (χ0) is 23.4. The molecule has 1 saturated heterocycles. The van der Waals surface area contributed by atoms with Crippen LogP contribution < -0.4 is 5.32 Å². The molecule has 4 rings (SSSR count). The Morgan fingerprint density at radius 2 is 1.85 bits per heavy atom. The SMILES string of the molecule is CC(C)C(=O)N1CCCC(C(=O)NCc2cn(-c3ccccc3)nc2-c2ccc(F)cc2)C1. The summed E-state index contributed by atoms with van der Waals surface area (Å²) in [6, 6.07) is 15.9. The number of para-hydroxylation sites is 1. The van der Waals surface area contributed by atoms with E-state index in [0.717, 1.165) is 29.7 Å². The molecule has 33 heavy (non-hydrogen) atoms. The summed E-state index contributed by atoms with van der Waals surface area (Å²) < 4.78 is 15.2. The standard InChI is InChI=1S/C26H29FN4O2/c1-18(2)26(33)30-14-6-7-20(16-30)25(32)28-15-21-17-31(23-8-4-3-5-9-23)29-24(21)19-10-12-22(27)13-11-19/h3-5,8-13,17-18,20H,6-7,14-16H2,1-2H3,(H,28,32). The largest absolute Gasteiger partial charge is 0.352 e. The number of hydrogen-bond donors (Lipinski definition) is 1.